The zero-order valence-corrected chi connectivity index (χ0v) is 11.1. The molecule has 0 unspecified atom stereocenters. The standard InChI is InChI=1S/C15H20N2O2/c1-2-3-9-19-10-8-17-15(18)13-4-5-14-12(11-13)6-7-16-14/h2,4-5,11,16H,1,3,6-10H2,(H,17,18). The number of carbonyl (C=O) groups excluding carboxylic acids is 1. The lowest BCUT2D eigenvalue weighted by atomic mass is 10.1. The summed E-state index contributed by atoms with van der Waals surface area (Å²) < 4.78 is 5.34. The third-order valence-corrected chi connectivity index (χ3v) is 3.08. The van der Waals surface area contributed by atoms with E-state index < -0.39 is 0 Å². The van der Waals surface area contributed by atoms with Crippen LogP contribution in [0.2, 0.25) is 0 Å². The van der Waals surface area contributed by atoms with E-state index in [2.05, 4.69) is 17.2 Å². The maximum atomic E-state index is 11.9. The maximum Gasteiger partial charge on any atom is 0.251 e. The highest BCUT2D eigenvalue weighted by Crippen LogP contribution is 2.22. The second-order valence-electron chi connectivity index (χ2n) is 4.49. The first-order valence-corrected chi connectivity index (χ1v) is 6.65. The van der Waals surface area contributed by atoms with Gasteiger partial charge >= 0.3 is 0 Å². The summed E-state index contributed by atoms with van der Waals surface area (Å²) in [6, 6.07) is 5.78. The van der Waals surface area contributed by atoms with E-state index in [1.54, 1.807) is 0 Å². The fourth-order valence-electron chi connectivity index (χ4n) is 2.05. The third kappa shape index (κ3) is 3.83. The summed E-state index contributed by atoms with van der Waals surface area (Å²) >= 11 is 0. The van der Waals surface area contributed by atoms with Crippen molar-refractivity contribution < 1.29 is 9.53 Å². The highest BCUT2D eigenvalue weighted by Gasteiger charge is 2.12. The fraction of sp³-hybridized carbons (Fsp3) is 0.400. The number of hydrogen-bond donors (Lipinski definition) is 2. The van der Waals surface area contributed by atoms with Crippen molar-refractivity contribution in [2.24, 2.45) is 0 Å². The molecular weight excluding hydrogens is 240 g/mol. The zero-order valence-electron chi connectivity index (χ0n) is 11.1. The van der Waals surface area contributed by atoms with E-state index in [9.17, 15) is 4.79 Å². The van der Waals surface area contributed by atoms with Crippen molar-refractivity contribution in [3.8, 4) is 0 Å². The van der Waals surface area contributed by atoms with Crippen LogP contribution in [0.1, 0.15) is 22.3 Å². The van der Waals surface area contributed by atoms with E-state index in [1.807, 2.05) is 24.3 Å². The molecule has 0 spiro atoms. The molecule has 2 N–H and O–H groups in total. The Morgan fingerprint density at radius 3 is 3.21 bits per heavy atom. The molecule has 2 rings (SSSR count). The minimum Gasteiger partial charge on any atom is -0.384 e. The first-order valence-electron chi connectivity index (χ1n) is 6.65. The molecule has 4 heteroatoms. The van der Waals surface area contributed by atoms with E-state index in [4.69, 9.17) is 4.74 Å². The van der Waals surface area contributed by atoms with Gasteiger partial charge in [-0.15, -0.1) is 6.58 Å². The molecule has 0 radical (unpaired) electrons. The summed E-state index contributed by atoms with van der Waals surface area (Å²) in [5.74, 6) is -0.0398. The summed E-state index contributed by atoms with van der Waals surface area (Å²) in [4.78, 5) is 11.9. The molecule has 0 aliphatic carbocycles. The van der Waals surface area contributed by atoms with Crippen molar-refractivity contribution in [3.63, 3.8) is 0 Å². The Morgan fingerprint density at radius 2 is 2.37 bits per heavy atom. The lowest BCUT2D eigenvalue weighted by molar-refractivity contribution is 0.0918. The average molecular weight is 260 g/mol. The van der Waals surface area contributed by atoms with Crippen LogP contribution in [0, 0.1) is 0 Å². The van der Waals surface area contributed by atoms with Crippen LogP contribution in [0.3, 0.4) is 0 Å². The van der Waals surface area contributed by atoms with Crippen LogP contribution < -0.4 is 10.6 Å². The van der Waals surface area contributed by atoms with Gasteiger partial charge in [-0.3, -0.25) is 4.79 Å². The molecule has 0 aromatic heterocycles. The van der Waals surface area contributed by atoms with Crippen LogP contribution in [-0.2, 0) is 11.2 Å². The number of carbonyl (C=O) groups is 1. The van der Waals surface area contributed by atoms with E-state index in [0.717, 1.165) is 25.1 Å². The SMILES string of the molecule is C=CCCOCCNC(=O)c1ccc2c(c1)CCN2. The van der Waals surface area contributed by atoms with E-state index >= 15 is 0 Å². The monoisotopic (exact) mass is 260 g/mol. The topological polar surface area (TPSA) is 50.4 Å². The van der Waals surface area contributed by atoms with E-state index in [0.29, 0.717) is 25.3 Å². The molecule has 1 aliphatic rings. The predicted octanol–water partition coefficient (Wildman–Crippen LogP) is 1.98. The summed E-state index contributed by atoms with van der Waals surface area (Å²) in [5.41, 5.74) is 3.08. The molecule has 1 aromatic carbocycles. The minimum atomic E-state index is -0.0398. The van der Waals surface area contributed by atoms with Crippen LogP contribution in [0.15, 0.2) is 30.9 Å². The van der Waals surface area contributed by atoms with Gasteiger partial charge in [-0.1, -0.05) is 6.08 Å². The first kappa shape index (κ1) is 13.6. The molecule has 102 valence electrons. The molecule has 1 heterocycles. The number of amides is 1. The van der Waals surface area contributed by atoms with Gasteiger partial charge in [0.1, 0.15) is 0 Å². The van der Waals surface area contributed by atoms with Crippen LogP contribution >= 0.6 is 0 Å². The largest absolute Gasteiger partial charge is 0.384 e. The van der Waals surface area contributed by atoms with Crippen LogP contribution in [0.4, 0.5) is 5.69 Å². The maximum absolute atomic E-state index is 11.9. The van der Waals surface area contributed by atoms with Crippen molar-refractivity contribution >= 4 is 11.6 Å². The Labute approximate surface area is 113 Å². The smallest absolute Gasteiger partial charge is 0.251 e. The second kappa shape index (κ2) is 6.95. The van der Waals surface area contributed by atoms with Gasteiger partial charge in [-0.05, 0) is 36.6 Å². The lowest BCUT2D eigenvalue weighted by Gasteiger charge is -2.07. The summed E-state index contributed by atoms with van der Waals surface area (Å²) in [6.07, 6.45) is 3.64. The molecule has 0 saturated carbocycles. The Bertz CT molecular complexity index is 457. The van der Waals surface area contributed by atoms with Crippen molar-refractivity contribution in [1.29, 1.82) is 0 Å². The predicted molar refractivity (Wildman–Crippen MR) is 76.6 cm³/mol. The van der Waals surface area contributed by atoms with Gasteiger partial charge < -0.3 is 15.4 Å². The molecule has 0 atom stereocenters. The molecule has 1 amide bonds. The van der Waals surface area contributed by atoms with E-state index in [1.165, 1.54) is 5.56 Å². The molecule has 1 aromatic rings. The first-order chi connectivity index (χ1) is 9.31. The molecule has 0 saturated heterocycles. The van der Waals surface area contributed by atoms with Gasteiger partial charge in [0.2, 0.25) is 0 Å². The summed E-state index contributed by atoms with van der Waals surface area (Å²) in [5, 5.41) is 6.14. The molecule has 0 bridgehead atoms. The fourth-order valence-corrected chi connectivity index (χ4v) is 2.05. The number of benzene rings is 1. The van der Waals surface area contributed by atoms with Gasteiger partial charge in [-0.25, -0.2) is 0 Å². The highest BCUT2D eigenvalue weighted by molar-refractivity contribution is 5.95. The number of fused-ring (bicyclic) bond motifs is 1. The van der Waals surface area contributed by atoms with E-state index in [-0.39, 0.29) is 5.91 Å². The van der Waals surface area contributed by atoms with Gasteiger partial charge in [0.25, 0.3) is 5.91 Å². The van der Waals surface area contributed by atoms with Crippen LogP contribution in [0.25, 0.3) is 0 Å². The van der Waals surface area contributed by atoms with Gasteiger partial charge in [0.15, 0.2) is 0 Å². The number of anilines is 1. The number of hydrogen-bond acceptors (Lipinski definition) is 3. The molecular formula is C15H20N2O2. The quantitative estimate of drug-likeness (QED) is 0.582. The van der Waals surface area contributed by atoms with Crippen molar-refractivity contribution in [2.75, 3.05) is 31.6 Å². The Hall–Kier alpha value is -1.81. The summed E-state index contributed by atoms with van der Waals surface area (Å²) in [7, 11) is 0. The van der Waals surface area contributed by atoms with Crippen LogP contribution in [-0.4, -0.2) is 32.2 Å². The van der Waals surface area contributed by atoms with Gasteiger partial charge in [0, 0.05) is 24.3 Å². The normalized spacial score (nSPS) is 12.6. The minimum absolute atomic E-state index is 0.0398. The zero-order chi connectivity index (χ0) is 13.5. The van der Waals surface area contributed by atoms with Crippen LogP contribution in [0.5, 0.6) is 0 Å². The Kier molecular flexibility index (Phi) is 4.98. The molecule has 0 fully saturated rings. The number of nitrogens with one attached hydrogen (secondary N) is 2. The second-order valence-corrected chi connectivity index (χ2v) is 4.49. The van der Waals surface area contributed by atoms with Crippen molar-refractivity contribution in [1.82, 2.24) is 5.32 Å². The summed E-state index contributed by atoms with van der Waals surface area (Å²) in [6.45, 7) is 6.30. The molecule has 1 aliphatic heterocycles. The van der Waals surface area contributed by atoms with Crippen molar-refractivity contribution in [2.45, 2.75) is 12.8 Å². The Morgan fingerprint density at radius 1 is 1.47 bits per heavy atom. The third-order valence-electron chi connectivity index (χ3n) is 3.08. The number of ether oxygens (including phenoxy) is 1. The molecule has 19 heavy (non-hydrogen) atoms. The van der Waals surface area contributed by atoms with Gasteiger partial charge in [-0.2, -0.15) is 0 Å². The Balaban J connectivity index is 1.75. The average Bonchev–Trinajstić information content (AvgIpc) is 2.89. The molecule has 4 nitrogen and oxygen atoms in total. The van der Waals surface area contributed by atoms with Crippen molar-refractivity contribution in [3.05, 3.63) is 42.0 Å². The number of rotatable bonds is 7. The van der Waals surface area contributed by atoms with Gasteiger partial charge in [0.05, 0.1) is 13.2 Å². The lowest BCUT2D eigenvalue weighted by Crippen LogP contribution is -2.27. The highest BCUT2D eigenvalue weighted by atomic mass is 16.5.